The molecule has 234 valence electrons. The van der Waals surface area contributed by atoms with Gasteiger partial charge in [0.2, 0.25) is 5.95 Å². The lowest BCUT2D eigenvalue weighted by atomic mass is 9.69. The van der Waals surface area contributed by atoms with Crippen molar-refractivity contribution in [2.24, 2.45) is 5.41 Å². The molecule has 3 aliphatic rings. The molecule has 9 heteroatoms. The molecular formula is C36H43N7O2. The van der Waals surface area contributed by atoms with Crippen molar-refractivity contribution in [3.8, 4) is 0 Å². The van der Waals surface area contributed by atoms with Crippen LogP contribution < -0.4 is 16.2 Å². The third-order valence-corrected chi connectivity index (χ3v) is 10.0. The summed E-state index contributed by atoms with van der Waals surface area (Å²) in [5, 5.41) is 7.72. The summed E-state index contributed by atoms with van der Waals surface area (Å²) >= 11 is 0. The molecule has 7 rings (SSSR count). The number of hydrogen-bond donors (Lipinski definition) is 2. The van der Waals surface area contributed by atoms with Crippen molar-refractivity contribution in [2.45, 2.75) is 64.1 Å². The number of hydrogen-bond acceptors (Lipinski definition) is 8. The molecule has 2 aromatic carbocycles. The molecular weight excluding hydrogens is 562 g/mol. The molecule has 0 bridgehead atoms. The van der Waals surface area contributed by atoms with Crippen LogP contribution in [0.25, 0.3) is 11.0 Å². The van der Waals surface area contributed by atoms with Crippen LogP contribution in [0, 0.1) is 5.41 Å². The topological polar surface area (TPSA) is 95.4 Å². The van der Waals surface area contributed by atoms with Gasteiger partial charge < -0.3 is 15.5 Å². The number of Topliss-reactive ketones (excluding diaryl/α,β-unsaturated/α-hetero) is 1. The maximum Gasteiger partial charge on any atom is 0.257 e. The number of ketones is 1. The summed E-state index contributed by atoms with van der Waals surface area (Å²) in [4.78, 5) is 43.1. The molecule has 3 unspecified atom stereocenters. The van der Waals surface area contributed by atoms with Gasteiger partial charge in [0, 0.05) is 52.7 Å². The van der Waals surface area contributed by atoms with Gasteiger partial charge in [0.25, 0.3) is 5.56 Å². The van der Waals surface area contributed by atoms with E-state index in [2.05, 4.69) is 65.5 Å². The number of nitrogens with zero attached hydrogens (tertiary/aromatic N) is 5. The van der Waals surface area contributed by atoms with Gasteiger partial charge >= 0.3 is 0 Å². The molecule has 0 spiro atoms. The fraction of sp³-hybridized carbons (Fsp3) is 0.444. The molecule has 4 heterocycles. The molecule has 3 atom stereocenters. The first-order valence-electron chi connectivity index (χ1n) is 16.2. The Balaban J connectivity index is 1.29. The van der Waals surface area contributed by atoms with Gasteiger partial charge in [0.05, 0.1) is 0 Å². The Bertz CT molecular complexity index is 1800. The van der Waals surface area contributed by atoms with Crippen molar-refractivity contribution in [3.63, 3.8) is 0 Å². The van der Waals surface area contributed by atoms with Crippen molar-refractivity contribution in [1.29, 1.82) is 0 Å². The first kappa shape index (κ1) is 29.6. The van der Waals surface area contributed by atoms with Crippen LogP contribution in [0.15, 0.2) is 65.6 Å². The fourth-order valence-electron chi connectivity index (χ4n) is 7.69. The zero-order chi connectivity index (χ0) is 31.3. The monoisotopic (exact) mass is 605 g/mol. The van der Waals surface area contributed by atoms with Gasteiger partial charge in [-0.25, -0.2) is 4.98 Å². The van der Waals surface area contributed by atoms with Crippen LogP contribution in [0.1, 0.15) is 73.1 Å². The van der Waals surface area contributed by atoms with Gasteiger partial charge in [-0.1, -0.05) is 44.5 Å². The van der Waals surface area contributed by atoms with Gasteiger partial charge in [0.15, 0.2) is 5.78 Å². The predicted octanol–water partition coefficient (Wildman–Crippen LogP) is 5.81. The number of fused-ring (bicyclic) bond motifs is 2. The minimum atomic E-state index is -0.695. The number of rotatable bonds is 6. The number of likely N-dealkylation sites (N-methyl/N-ethyl adjacent to an activating group) is 1. The van der Waals surface area contributed by atoms with E-state index in [1.165, 1.54) is 0 Å². The van der Waals surface area contributed by atoms with E-state index in [0.717, 1.165) is 67.6 Å². The van der Waals surface area contributed by atoms with Crippen molar-refractivity contribution in [2.75, 3.05) is 44.4 Å². The Kier molecular flexibility index (Phi) is 7.70. The van der Waals surface area contributed by atoms with E-state index in [1.807, 2.05) is 42.5 Å². The summed E-state index contributed by atoms with van der Waals surface area (Å²) in [7, 11) is 4.23. The number of carbonyl (C=O) groups is 1. The summed E-state index contributed by atoms with van der Waals surface area (Å²) in [6, 6.07) is 17.6. The molecule has 2 aliphatic heterocycles. The summed E-state index contributed by atoms with van der Waals surface area (Å²) in [5.41, 5.74) is 4.20. The van der Waals surface area contributed by atoms with Crippen LogP contribution in [0.5, 0.6) is 0 Å². The molecule has 0 radical (unpaired) electrons. The summed E-state index contributed by atoms with van der Waals surface area (Å²) in [6.07, 6.45) is 6.70. The second-order valence-electron chi connectivity index (χ2n) is 13.9. The zero-order valence-corrected chi connectivity index (χ0v) is 26.7. The highest BCUT2D eigenvalue weighted by Crippen LogP contribution is 2.43. The number of anilines is 3. The normalized spacial score (nSPS) is 23.6. The Hall–Kier alpha value is -4.08. The number of aromatic nitrogens is 3. The van der Waals surface area contributed by atoms with Crippen molar-refractivity contribution < 1.29 is 4.79 Å². The number of likely N-dealkylation sites (tertiary alicyclic amines) is 2. The molecule has 4 aromatic rings. The highest BCUT2D eigenvalue weighted by atomic mass is 16.1. The fourth-order valence-corrected chi connectivity index (χ4v) is 7.69. The standard InChI is InChI=1S/C36H43N7O2/c1-36(2)20-23-9-5-6-10-28(23)31(44)32(36)43-33-24(19-29(34(43)45)30-11-7-8-17-42(30)4)21-37-35(40-33)39-26-14-12-25(13-15-26)38-27-16-18-41(3)22-27/h5-6,9-10,12-15,19,21,27,30,32,38H,7-8,11,16-18,20,22H2,1-4H3,(H,37,39,40). The van der Waals surface area contributed by atoms with Crippen molar-refractivity contribution >= 4 is 34.1 Å². The van der Waals surface area contributed by atoms with Crippen LogP contribution in [0.2, 0.25) is 0 Å². The van der Waals surface area contributed by atoms with Gasteiger partial charge in [-0.2, -0.15) is 4.98 Å². The Morgan fingerprint density at radius 2 is 1.71 bits per heavy atom. The Morgan fingerprint density at radius 3 is 2.47 bits per heavy atom. The van der Waals surface area contributed by atoms with Crippen LogP contribution in [-0.2, 0) is 6.42 Å². The van der Waals surface area contributed by atoms with E-state index in [9.17, 15) is 9.59 Å². The summed E-state index contributed by atoms with van der Waals surface area (Å²) in [5.74, 6) is 0.349. The number of carbonyl (C=O) groups excluding carboxylic acids is 1. The third kappa shape index (κ3) is 5.64. The highest BCUT2D eigenvalue weighted by Gasteiger charge is 2.44. The lowest BCUT2D eigenvalue weighted by Crippen LogP contribution is -2.45. The van der Waals surface area contributed by atoms with Crippen LogP contribution in [0.3, 0.4) is 0 Å². The zero-order valence-electron chi connectivity index (χ0n) is 26.7. The van der Waals surface area contributed by atoms with E-state index in [-0.39, 0.29) is 17.4 Å². The van der Waals surface area contributed by atoms with Gasteiger partial charge in [-0.3, -0.25) is 19.1 Å². The van der Waals surface area contributed by atoms with Crippen molar-refractivity contribution in [3.05, 3.63) is 87.8 Å². The van der Waals surface area contributed by atoms with Crippen LogP contribution in [-0.4, -0.2) is 69.9 Å². The lowest BCUT2D eigenvalue weighted by molar-refractivity contribution is 0.0778. The molecule has 9 nitrogen and oxygen atoms in total. The second kappa shape index (κ2) is 11.7. The molecule has 0 amide bonds. The number of benzene rings is 2. The average Bonchev–Trinajstić information content (AvgIpc) is 3.43. The quantitative estimate of drug-likeness (QED) is 0.284. The molecule has 1 aliphatic carbocycles. The van der Waals surface area contributed by atoms with E-state index in [4.69, 9.17) is 4.98 Å². The number of pyridine rings is 1. The van der Waals surface area contributed by atoms with Crippen molar-refractivity contribution in [1.82, 2.24) is 24.3 Å². The maximum atomic E-state index is 14.6. The molecule has 2 N–H and O–H groups in total. The van der Waals surface area contributed by atoms with Gasteiger partial charge in [-0.15, -0.1) is 0 Å². The lowest BCUT2D eigenvalue weighted by Gasteiger charge is -2.40. The first-order chi connectivity index (χ1) is 21.7. The Labute approximate surface area is 264 Å². The van der Waals surface area contributed by atoms with E-state index >= 15 is 0 Å². The van der Waals surface area contributed by atoms with Gasteiger partial charge in [0.1, 0.15) is 11.7 Å². The van der Waals surface area contributed by atoms with Crippen LogP contribution in [0.4, 0.5) is 17.3 Å². The largest absolute Gasteiger partial charge is 0.381 e. The maximum absolute atomic E-state index is 14.6. The second-order valence-corrected chi connectivity index (χ2v) is 13.9. The summed E-state index contributed by atoms with van der Waals surface area (Å²) < 4.78 is 1.70. The SMILES string of the molecule is CN1CCC(Nc2ccc(Nc3ncc4cc(C5CCCCN5C)c(=O)n(C5C(=O)c6ccccc6CC5(C)C)c4n3)cc2)C1. The number of nitrogens with one attached hydrogen (secondary N) is 2. The predicted molar refractivity (Wildman–Crippen MR) is 180 cm³/mol. The first-order valence-corrected chi connectivity index (χ1v) is 16.2. The molecule has 45 heavy (non-hydrogen) atoms. The smallest absolute Gasteiger partial charge is 0.257 e. The Morgan fingerprint density at radius 1 is 0.933 bits per heavy atom. The molecule has 0 saturated carbocycles. The van der Waals surface area contributed by atoms with E-state index < -0.39 is 11.5 Å². The minimum absolute atomic E-state index is 0.00875. The molecule has 2 saturated heterocycles. The van der Waals surface area contributed by atoms with Crippen LogP contribution >= 0.6 is 0 Å². The third-order valence-electron chi connectivity index (χ3n) is 10.0. The van der Waals surface area contributed by atoms with E-state index in [0.29, 0.717) is 35.2 Å². The average molecular weight is 606 g/mol. The highest BCUT2D eigenvalue weighted by molar-refractivity contribution is 6.02. The minimum Gasteiger partial charge on any atom is -0.381 e. The number of piperidine rings is 1. The molecule has 2 aromatic heterocycles. The van der Waals surface area contributed by atoms with Gasteiger partial charge in [-0.05, 0) is 94.2 Å². The van der Waals surface area contributed by atoms with E-state index in [1.54, 1.807) is 10.8 Å². The molecule has 2 fully saturated rings. The summed E-state index contributed by atoms with van der Waals surface area (Å²) in [6.45, 7) is 7.26.